The van der Waals surface area contributed by atoms with Gasteiger partial charge in [-0.2, -0.15) is 0 Å². The minimum Gasteiger partial charge on any atom is -0.493 e. The minimum atomic E-state index is -3.08. The van der Waals surface area contributed by atoms with Gasteiger partial charge in [0.2, 0.25) is 0 Å². The normalized spacial score (nSPS) is 15.0. The Labute approximate surface area is 129 Å². The van der Waals surface area contributed by atoms with Gasteiger partial charge in [-0.05, 0) is 31.5 Å². The third-order valence-corrected chi connectivity index (χ3v) is 6.30. The highest BCUT2D eigenvalue weighted by Gasteiger charge is 2.29. The maximum absolute atomic E-state index is 11.7. The summed E-state index contributed by atoms with van der Waals surface area (Å²) in [5.41, 5.74) is 2.27. The Kier molecular flexibility index (Phi) is 4.47. The zero-order valence-electron chi connectivity index (χ0n) is 12.0. The first-order chi connectivity index (χ1) is 9.21. The summed E-state index contributed by atoms with van der Waals surface area (Å²) in [5.74, 6) is 0.942. The molecule has 0 saturated heterocycles. The summed E-state index contributed by atoms with van der Waals surface area (Å²) in [4.78, 5) is 0. The molecule has 1 aromatic rings. The Morgan fingerprint density at radius 1 is 1.40 bits per heavy atom. The molecule has 0 aromatic heterocycles. The van der Waals surface area contributed by atoms with Crippen molar-refractivity contribution in [3.63, 3.8) is 0 Å². The number of benzene rings is 1. The molecule has 0 fully saturated rings. The van der Waals surface area contributed by atoms with Crippen LogP contribution in [0.25, 0.3) is 0 Å². The molecule has 20 heavy (non-hydrogen) atoms. The number of fused-ring (bicyclic) bond motifs is 1. The van der Waals surface area contributed by atoms with E-state index in [0.29, 0.717) is 19.7 Å². The third kappa shape index (κ3) is 3.35. The maximum atomic E-state index is 11.7. The average Bonchev–Trinajstić information content (AvgIpc) is 2.74. The van der Waals surface area contributed by atoms with Crippen molar-refractivity contribution in [1.29, 1.82) is 0 Å². The van der Waals surface area contributed by atoms with E-state index in [1.54, 1.807) is 13.8 Å². The molecular weight excluding hydrogens is 342 g/mol. The Morgan fingerprint density at radius 2 is 2.10 bits per heavy atom. The van der Waals surface area contributed by atoms with Crippen LogP contribution in [0.5, 0.6) is 5.75 Å². The summed E-state index contributed by atoms with van der Waals surface area (Å²) in [6.45, 7) is 5.19. The molecule has 1 aliphatic rings. The van der Waals surface area contributed by atoms with Crippen molar-refractivity contribution in [2.45, 2.75) is 31.6 Å². The topological polar surface area (TPSA) is 55.4 Å². The monoisotopic (exact) mass is 361 g/mol. The van der Waals surface area contributed by atoms with Gasteiger partial charge in [0.25, 0.3) is 0 Å². The lowest BCUT2D eigenvalue weighted by molar-refractivity contribution is 0.352. The van der Waals surface area contributed by atoms with Gasteiger partial charge in [-0.3, -0.25) is 0 Å². The van der Waals surface area contributed by atoms with Gasteiger partial charge < -0.3 is 10.1 Å². The molecule has 0 aliphatic carbocycles. The van der Waals surface area contributed by atoms with Crippen LogP contribution in [0.4, 0.5) is 0 Å². The van der Waals surface area contributed by atoms with Crippen LogP contribution in [0.1, 0.15) is 25.0 Å². The van der Waals surface area contributed by atoms with Crippen LogP contribution in [0, 0.1) is 0 Å². The number of hydrogen-bond acceptors (Lipinski definition) is 4. The van der Waals surface area contributed by atoms with Crippen LogP contribution >= 0.6 is 15.9 Å². The van der Waals surface area contributed by atoms with E-state index in [2.05, 4.69) is 27.3 Å². The lowest BCUT2D eigenvalue weighted by Gasteiger charge is -2.23. The van der Waals surface area contributed by atoms with Crippen LogP contribution in [0.2, 0.25) is 0 Å². The van der Waals surface area contributed by atoms with Crippen molar-refractivity contribution in [1.82, 2.24) is 5.32 Å². The van der Waals surface area contributed by atoms with Crippen molar-refractivity contribution in [3.8, 4) is 5.75 Å². The highest BCUT2D eigenvalue weighted by atomic mass is 79.9. The van der Waals surface area contributed by atoms with Gasteiger partial charge in [-0.1, -0.05) is 15.9 Å². The van der Waals surface area contributed by atoms with Crippen LogP contribution in [0.3, 0.4) is 0 Å². The molecule has 0 spiro atoms. The number of nitrogens with one attached hydrogen (secondary N) is 1. The van der Waals surface area contributed by atoms with E-state index >= 15 is 0 Å². The van der Waals surface area contributed by atoms with Gasteiger partial charge in [0, 0.05) is 35.8 Å². The molecule has 112 valence electrons. The molecule has 0 saturated carbocycles. The smallest absolute Gasteiger partial charge is 0.153 e. The number of sulfone groups is 1. The molecule has 0 unspecified atom stereocenters. The summed E-state index contributed by atoms with van der Waals surface area (Å²) in [5, 5.41) is 3.23. The van der Waals surface area contributed by atoms with E-state index in [9.17, 15) is 8.42 Å². The number of rotatable bonds is 5. The average molecular weight is 362 g/mol. The Morgan fingerprint density at radius 3 is 2.75 bits per heavy atom. The fourth-order valence-corrected chi connectivity index (χ4v) is 3.02. The lowest BCUT2D eigenvalue weighted by atomic mass is 10.1. The number of halogens is 1. The number of ether oxygens (including phenoxy) is 1. The fraction of sp³-hybridized carbons (Fsp3) is 0.571. The molecular formula is C14H20BrNO3S. The van der Waals surface area contributed by atoms with E-state index in [1.807, 2.05) is 6.07 Å². The molecule has 0 radical (unpaired) electrons. The van der Waals surface area contributed by atoms with Gasteiger partial charge in [-0.25, -0.2) is 8.42 Å². The van der Waals surface area contributed by atoms with Gasteiger partial charge in [0.1, 0.15) is 5.75 Å². The van der Waals surface area contributed by atoms with Gasteiger partial charge in [-0.15, -0.1) is 0 Å². The lowest BCUT2D eigenvalue weighted by Crippen LogP contribution is -2.41. The Balaban J connectivity index is 2.06. The Bertz CT molecular complexity index is 611. The standard InChI is InChI=1S/C14H20BrNO3S/c1-14(2,20(3,17)18)9-16-8-11-7-12(15)6-10-4-5-19-13(10)11/h6-7,16H,4-5,8-9H2,1-3H3. The highest BCUT2D eigenvalue weighted by molar-refractivity contribution is 9.10. The van der Waals surface area contributed by atoms with Crippen LogP contribution in [-0.4, -0.2) is 32.6 Å². The maximum Gasteiger partial charge on any atom is 0.153 e. The third-order valence-electron chi connectivity index (χ3n) is 3.70. The molecule has 0 bridgehead atoms. The van der Waals surface area contributed by atoms with Crippen molar-refractivity contribution < 1.29 is 13.2 Å². The van der Waals surface area contributed by atoms with Gasteiger partial charge in [0.05, 0.1) is 11.4 Å². The summed E-state index contributed by atoms with van der Waals surface area (Å²) in [6.07, 6.45) is 2.20. The molecule has 6 heteroatoms. The van der Waals surface area contributed by atoms with E-state index < -0.39 is 14.6 Å². The van der Waals surface area contributed by atoms with Crippen molar-refractivity contribution >= 4 is 25.8 Å². The van der Waals surface area contributed by atoms with E-state index in [0.717, 1.165) is 22.2 Å². The second-order valence-corrected chi connectivity index (χ2v) is 9.35. The van der Waals surface area contributed by atoms with E-state index in [4.69, 9.17) is 4.74 Å². The predicted molar refractivity (Wildman–Crippen MR) is 84.0 cm³/mol. The SMILES string of the molecule is CC(C)(CNCc1cc(Br)cc2c1OCC2)S(C)(=O)=O. The quantitative estimate of drug-likeness (QED) is 0.873. The summed E-state index contributed by atoms with van der Waals surface area (Å²) >= 11 is 3.50. The highest BCUT2D eigenvalue weighted by Crippen LogP contribution is 2.32. The van der Waals surface area contributed by atoms with Gasteiger partial charge >= 0.3 is 0 Å². The van der Waals surface area contributed by atoms with Crippen LogP contribution in [0.15, 0.2) is 16.6 Å². The summed E-state index contributed by atoms with van der Waals surface area (Å²) in [7, 11) is -3.08. The molecule has 0 atom stereocenters. The molecule has 1 heterocycles. The predicted octanol–water partition coefficient (Wildman–Crippen LogP) is 2.30. The molecule has 4 nitrogen and oxygen atoms in total. The molecule has 1 N–H and O–H groups in total. The van der Waals surface area contributed by atoms with Gasteiger partial charge in [0.15, 0.2) is 9.84 Å². The zero-order valence-corrected chi connectivity index (χ0v) is 14.4. The van der Waals surface area contributed by atoms with E-state index in [1.165, 1.54) is 11.8 Å². The summed E-state index contributed by atoms with van der Waals surface area (Å²) < 4.78 is 29.2. The van der Waals surface area contributed by atoms with Crippen LogP contribution in [-0.2, 0) is 22.8 Å². The minimum absolute atomic E-state index is 0.410. The summed E-state index contributed by atoms with van der Waals surface area (Å²) in [6, 6.07) is 4.09. The molecule has 1 aromatic carbocycles. The van der Waals surface area contributed by atoms with Crippen LogP contribution < -0.4 is 10.1 Å². The largest absolute Gasteiger partial charge is 0.493 e. The number of hydrogen-bond donors (Lipinski definition) is 1. The zero-order chi connectivity index (χ0) is 15.0. The first-order valence-corrected chi connectivity index (χ1v) is 9.23. The second-order valence-electron chi connectivity index (χ2n) is 5.79. The Hall–Kier alpha value is -0.590. The van der Waals surface area contributed by atoms with E-state index in [-0.39, 0.29) is 0 Å². The van der Waals surface area contributed by atoms with Crippen molar-refractivity contribution in [2.75, 3.05) is 19.4 Å². The van der Waals surface area contributed by atoms with Crippen molar-refractivity contribution in [3.05, 3.63) is 27.7 Å². The van der Waals surface area contributed by atoms with Crippen molar-refractivity contribution in [2.24, 2.45) is 0 Å². The molecule has 1 aliphatic heterocycles. The first-order valence-electron chi connectivity index (χ1n) is 6.55. The molecule has 2 rings (SSSR count). The second kappa shape index (κ2) is 5.66. The fourth-order valence-electron chi connectivity index (χ4n) is 2.11. The molecule has 0 amide bonds. The first kappa shape index (κ1) is 15.8.